The first-order valence-corrected chi connectivity index (χ1v) is 8.32. The van der Waals surface area contributed by atoms with Crippen LogP contribution in [0.5, 0.6) is 0 Å². The van der Waals surface area contributed by atoms with Crippen LogP contribution in [0.3, 0.4) is 0 Å². The molecule has 0 saturated carbocycles. The summed E-state index contributed by atoms with van der Waals surface area (Å²) in [5, 5.41) is 9.72. The first-order valence-electron chi connectivity index (χ1n) is 7.95. The van der Waals surface area contributed by atoms with E-state index in [1.807, 2.05) is 36.4 Å². The number of nitrogens with zero attached hydrogens (tertiary/aromatic N) is 2. The van der Waals surface area contributed by atoms with Gasteiger partial charge in [-0.25, -0.2) is 0 Å². The third kappa shape index (κ3) is 3.78. The van der Waals surface area contributed by atoms with Crippen LogP contribution in [-0.4, -0.2) is 13.1 Å². The molecule has 0 amide bonds. The Bertz CT molecular complexity index is 728. The van der Waals surface area contributed by atoms with Crippen molar-refractivity contribution in [3.8, 4) is 6.07 Å². The molecule has 0 aliphatic carbocycles. The van der Waals surface area contributed by atoms with Crippen LogP contribution in [0.1, 0.15) is 24.0 Å². The molecule has 0 aromatic heterocycles. The smallest absolute Gasteiger partial charge is 0.0991 e. The Morgan fingerprint density at radius 2 is 1.96 bits per heavy atom. The van der Waals surface area contributed by atoms with E-state index in [0.29, 0.717) is 11.6 Å². The monoisotopic (exact) mass is 325 g/mol. The van der Waals surface area contributed by atoms with Gasteiger partial charge in [0.2, 0.25) is 0 Å². The van der Waals surface area contributed by atoms with Crippen LogP contribution in [0.2, 0.25) is 5.02 Å². The Labute approximate surface area is 142 Å². The van der Waals surface area contributed by atoms with Gasteiger partial charge >= 0.3 is 0 Å². The molecule has 1 fully saturated rings. The second kappa shape index (κ2) is 6.93. The second-order valence-electron chi connectivity index (χ2n) is 6.16. The van der Waals surface area contributed by atoms with Crippen molar-refractivity contribution >= 4 is 23.0 Å². The molecule has 0 unspecified atom stereocenters. The van der Waals surface area contributed by atoms with E-state index in [2.05, 4.69) is 17.0 Å². The average Bonchev–Trinajstić information content (AvgIpc) is 2.56. The highest BCUT2D eigenvalue weighted by Gasteiger charge is 2.21. The number of rotatable bonds is 3. The van der Waals surface area contributed by atoms with Crippen molar-refractivity contribution in [3.05, 3.63) is 58.6 Å². The number of nitrogens with two attached hydrogens (primary N) is 1. The number of nitriles is 1. The number of halogens is 1. The minimum atomic E-state index is 0.660. The van der Waals surface area contributed by atoms with Gasteiger partial charge in [0.1, 0.15) is 0 Å². The molecule has 2 aromatic rings. The molecule has 1 heterocycles. The zero-order valence-electron chi connectivity index (χ0n) is 13.0. The first kappa shape index (κ1) is 15.7. The zero-order chi connectivity index (χ0) is 16.2. The van der Waals surface area contributed by atoms with Gasteiger partial charge in [-0.3, -0.25) is 0 Å². The van der Waals surface area contributed by atoms with Gasteiger partial charge in [-0.1, -0.05) is 23.7 Å². The van der Waals surface area contributed by atoms with Gasteiger partial charge < -0.3 is 10.6 Å². The molecule has 23 heavy (non-hydrogen) atoms. The van der Waals surface area contributed by atoms with Crippen molar-refractivity contribution in [2.45, 2.75) is 19.3 Å². The fourth-order valence-corrected chi connectivity index (χ4v) is 3.57. The van der Waals surface area contributed by atoms with Crippen molar-refractivity contribution in [2.24, 2.45) is 5.92 Å². The van der Waals surface area contributed by atoms with Gasteiger partial charge in [-0.15, -0.1) is 0 Å². The Morgan fingerprint density at radius 1 is 1.17 bits per heavy atom. The van der Waals surface area contributed by atoms with Crippen molar-refractivity contribution in [1.29, 1.82) is 5.26 Å². The molecule has 0 bridgehead atoms. The van der Waals surface area contributed by atoms with Gasteiger partial charge in [0.15, 0.2) is 0 Å². The van der Waals surface area contributed by atoms with Gasteiger partial charge in [-0.05, 0) is 61.1 Å². The topological polar surface area (TPSA) is 53.0 Å². The number of hydrogen-bond acceptors (Lipinski definition) is 3. The highest BCUT2D eigenvalue weighted by atomic mass is 35.5. The molecule has 118 valence electrons. The molecule has 2 N–H and O–H groups in total. The molecule has 3 rings (SSSR count). The fraction of sp³-hybridized carbons (Fsp3) is 0.316. The van der Waals surface area contributed by atoms with E-state index in [1.54, 1.807) is 0 Å². The van der Waals surface area contributed by atoms with Gasteiger partial charge in [0.05, 0.1) is 22.3 Å². The van der Waals surface area contributed by atoms with Crippen LogP contribution in [0.15, 0.2) is 42.5 Å². The molecule has 3 nitrogen and oxygen atoms in total. The quantitative estimate of drug-likeness (QED) is 0.858. The summed E-state index contributed by atoms with van der Waals surface area (Å²) in [6.07, 6.45) is 3.31. The van der Waals surface area contributed by atoms with Crippen LogP contribution >= 0.6 is 11.6 Å². The standard InChI is InChI=1S/C19H20ClN3/c20-18-12-17(22)4-5-19(18)23-8-6-14(7-9-23)10-15-2-1-3-16(11-15)13-21/h1-5,11-12,14H,6-10,22H2. The number of piperidine rings is 1. The normalized spacial score (nSPS) is 15.4. The third-order valence-corrected chi connectivity index (χ3v) is 4.81. The maximum absolute atomic E-state index is 9.00. The van der Waals surface area contributed by atoms with E-state index in [-0.39, 0.29) is 0 Å². The van der Waals surface area contributed by atoms with E-state index in [1.165, 1.54) is 5.56 Å². The predicted molar refractivity (Wildman–Crippen MR) is 95.7 cm³/mol. The first-order chi connectivity index (χ1) is 11.2. The lowest BCUT2D eigenvalue weighted by molar-refractivity contribution is 0.404. The second-order valence-corrected chi connectivity index (χ2v) is 6.56. The number of nitrogen functional groups attached to an aromatic ring is 1. The summed E-state index contributed by atoms with van der Waals surface area (Å²) in [5.41, 5.74) is 9.54. The van der Waals surface area contributed by atoms with Crippen LogP contribution in [0.25, 0.3) is 0 Å². The summed E-state index contributed by atoms with van der Waals surface area (Å²) < 4.78 is 0. The van der Waals surface area contributed by atoms with E-state index >= 15 is 0 Å². The Kier molecular flexibility index (Phi) is 4.73. The third-order valence-electron chi connectivity index (χ3n) is 4.51. The average molecular weight is 326 g/mol. The molecule has 0 radical (unpaired) electrons. The van der Waals surface area contributed by atoms with Crippen molar-refractivity contribution < 1.29 is 0 Å². The minimum absolute atomic E-state index is 0.660. The lowest BCUT2D eigenvalue weighted by Crippen LogP contribution is -2.34. The summed E-state index contributed by atoms with van der Waals surface area (Å²) >= 11 is 6.31. The molecular formula is C19H20ClN3. The van der Waals surface area contributed by atoms with Crippen molar-refractivity contribution in [1.82, 2.24) is 0 Å². The van der Waals surface area contributed by atoms with E-state index in [0.717, 1.165) is 48.6 Å². The van der Waals surface area contributed by atoms with E-state index in [9.17, 15) is 0 Å². The SMILES string of the molecule is N#Cc1cccc(CC2CCN(c3ccc(N)cc3Cl)CC2)c1. The summed E-state index contributed by atoms with van der Waals surface area (Å²) in [5.74, 6) is 0.660. The fourth-order valence-electron chi connectivity index (χ4n) is 3.26. The van der Waals surface area contributed by atoms with Crippen LogP contribution in [0, 0.1) is 17.2 Å². The lowest BCUT2D eigenvalue weighted by atomic mass is 9.89. The summed E-state index contributed by atoms with van der Waals surface area (Å²) in [6, 6.07) is 15.9. The molecular weight excluding hydrogens is 306 g/mol. The lowest BCUT2D eigenvalue weighted by Gasteiger charge is -2.34. The van der Waals surface area contributed by atoms with Gasteiger partial charge in [0.25, 0.3) is 0 Å². The number of hydrogen-bond donors (Lipinski definition) is 1. The maximum Gasteiger partial charge on any atom is 0.0991 e. The zero-order valence-corrected chi connectivity index (χ0v) is 13.8. The Morgan fingerprint density at radius 3 is 2.65 bits per heavy atom. The van der Waals surface area contributed by atoms with Crippen LogP contribution < -0.4 is 10.6 Å². The number of benzene rings is 2. The van der Waals surface area contributed by atoms with Crippen LogP contribution in [-0.2, 0) is 6.42 Å². The Hall–Kier alpha value is -2.18. The van der Waals surface area contributed by atoms with Crippen molar-refractivity contribution in [3.63, 3.8) is 0 Å². The predicted octanol–water partition coefficient (Wildman–Crippen LogP) is 4.25. The summed E-state index contributed by atoms with van der Waals surface area (Å²) in [4.78, 5) is 2.34. The number of anilines is 2. The highest BCUT2D eigenvalue weighted by molar-refractivity contribution is 6.33. The van der Waals surface area contributed by atoms with E-state index in [4.69, 9.17) is 22.6 Å². The van der Waals surface area contributed by atoms with Gasteiger partial charge in [-0.2, -0.15) is 5.26 Å². The molecule has 0 atom stereocenters. The van der Waals surface area contributed by atoms with Crippen molar-refractivity contribution in [2.75, 3.05) is 23.7 Å². The molecule has 2 aromatic carbocycles. The molecule has 4 heteroatoms. The highest BCUT2D eigenvalue weighted by Crippen LogP contribution is 2.32. The summed E-state index contributed by atoms with van der Waals surface area (Å²) in [7, 11) is 0. The molecule has 0 spiro atoms. The largest absolute Gasteiger partial charge is 0.399 e. The molecule has 1 aliphatic rings. The Balaban J connectivity index is 1.61. The maximum atomic E-state index is 9.00. The molecule has 1 saturated heterocycles. The van der Waals surface area contributed by atoms with E-state index < -0.39 is 0 Å². The van der Waals surface area contributed by atoms with Gasteiger partial charge in [0, 0.05) is 18.8 Å². The molecule has 1 aliphatic heterocycles. The summed E-state index contributed by atoms with van der Waals surface area (Å²) in [6.45, 7) is 2.01. The minimum Gasteiger partial charge on any atom is -0.399 e. The van der Waals surface area contributed by atoms with Crippen LogP contribution in [0.4, 0.5) is 11.4 Å².